The zero-order valence-corrected chi connectivity index (χ0v) is 15.7. The van der Waals surface area contributed by atoms with Crippen LogP contribution in [0.15, 0.2) is 30.5 Å². The van der Waals surface area contributed by atoms with Gasteiger partial charge in [0.25, 0.3) is 0 Å². The van der Waals surface area contributed by atoms with Gasteiger partial charge in [-0.05, 0) is 43.5 Å². The lowest BCUT2D eigenvalue weighted by molar-refractivity contribution is -0.137. The summed E-state index contributed by atoms with van der Waals surface area (Å²) in [7, 11) is 0. The first-order valence-electron chi connectivity index (χ1n) is 8.70. The quantitative estimate of drug-likeness (QED) is 0.713. The van der Waals surface area contributed by atoms with E-state index in [4.69, 9.17) is 11.6 Å². The Bertz CT molecular complexity index is 880. The molecule has 150 valence electrons. The molecule has 1 aromatic carbocycles. The van der Waals surface area contributed by atoms with Crippen molar-refractivity contribution < 1.29 is 22.4 Å². The number of aryl methyl sites for hydroxylation is 1. The van der Waals surface area contributed by atoms with Crippen molar-refractivity contribution in [2.24, 2.45) is 5.92 Å². The van der Waals surface area contributed by atoms with Crippen molar-refractivity contribution in [2.45, 2.75) is 25.9 Å². The molecule has 3 rings (SSSR count). The molecule has 1 fully saturated rings. The molecule has 0 bridgehead atoms. The number of halogens is 5. The van der Waals surface area contributed by atoms with Gasteiger partial charge in [0.05, 0.1) is 16.3 Å². The Hall–Kier alpha value is -2.35. The van der Waals surface area contributed by atoms with Gasteiger partial charge in [-0.25, -0.2) is 9.37 Å². The number of piperidine rings is 1. The monoisotopic (exact) mass is 415 g/mol. The second-order valence-electron chi connectivity index (χ2n) is 6.76. The highest BCUT2D eigenvalue weighted by atomic mass is 35.5. The summed E-state index contributed by atoms with van der Waals surface area (Å²) >= 11 is 5.98. The molecule has 1 amide bonds. The van der Waals surface area contributed by atoms with Crippen molar-refractivity contribution in [3.63, 3.8) is 0 Å². The van der Waals surface area contributed by atoms with Crippen LogP contribution < -0.4 is 10.2 Å². The summed E-state index contributed by atoms with van der Waals surface area (Å²) in [5, 5.41) is 2.53. The number of benzene rings is 1. The van der Waals surface area contributed by atoms with Crippen molar-refractivity contribution in [2.75, 3.05) is 23.3 Å². The molecule has 1 aromatic heterocycles. The van der Waals surface area contributed by atoms with E-state index in [1.807, 2.05) is 0 Å². The van der Waals surface area contributed by atoms with Crippen molar-refractivity contribution in [1.29, 1.82) is 0 Å². The topological polar surface area (TPSA) is 45.2 Å². The maximum absolute atomic E-state index is 13.8. The largest absolute Gasteiger partial charge is 0.417 e. The van der Waals surface area contributed by atoms with Crippen LogP contribution in [0.1, 0.15) is 24.0 Å². The molecule has 1 N–H and O–H groups in total. The fourth-order valence-corrected chi connectivity index (χ4v) is 3.43. The fraction of sp³-hybridized carbons (Fsp3) is 0.368. The number of anilines is 2. The van der Waals surface area contributed by atoms with Crippen LogP contribution >= 0.6 is 11.6 Å². The molecule has 2 aromatic rings. The molecular weight excluding hydrogens is 398 g/mol. The number of carbonyl (C=O) groups is 1. The lowest BCUT2D eigenvalue weighted by Gasteiger charge is -2.32. The van der Waals surface area contributed by atoms with E-state index in [-0.39, 0.29) is 28.4 Å². The highest BCUT2D eigenvalue weighted by Gasteiger charge is 2.33. The van der Waals surface area contributed by atoms with Crippen LogP contribution in [0.4, 0.5) is 29.1 Å². The highest BCUT2D eigenvalue weighted by Crippen LogP contribution is 2.34. The molecule has 28 heavy (non-hydrogen) atoms. The third kappa shape index (κ3) is 4.55. The smallest absolute Gasteiger partial charge is 0.355 e. The molecule has 9 heteroatoms. The number of aromatic nitrogens is 1. The lowest BCUT2D eigenvalue weighted by atomic mass is 9.95. The molecular formula is C19H18ClF4N3O. The van der Waals surface area contributed by atoms with E-state index < -0.39 is 17.6 Å². The molecule has 1 aliphatic heterocycles. The van der Waals surface area contributed by atoms with Gasteiger partial charge in [0.1, 0.15) is 11.6 Å². The summed E-state index contributed by atoms with van der Waals surface area (Å²) in [5.41, 5.74) is 0.0603. The van der Waals surface area contributed by atoms with Crippen LogP contribution in [-0.2, 0) is 11.0 Å². The molecule has 0 saturated carbocycles. The molecule has 0 unspecified atom stereocenters. The Balaban J connectivity index is 1.63. The van der Waals surface area contributed by atoms with E-state index in [9.17, 15) is 22.4 Å². The average molecular weight is 416 g/mol. The maximum Gasteiger partial charge on any atom is 0.417 e. The van der Waals surface area contributed by atoms with Crippen LogP contribution in [0.25, 0.3) is 0 Å². The predicted octanol–water partition coefficient (Wildman–Crippen LogP) is 5.06. The molecule has 0 atom stereocenters. The van der Waals surface area contributed by atoms with Gasteiger partial charge in [0.15, 0.2) is 0 Å². The van der Waals surface area contributed by atoms with Crippen LogP contribution in [0, 0.1) is 18.7 Å². The summed E-state index contributed by atoms with van der Waals surface area (Å²) in [5.74, 6) is -0.851. The highest BCUT2D eigenvalue weighted by molar-refractivity contribution is 6.33. The van der Waals surface area contributed by atoms with Crippen LogP contribution in [0.5, 0.6) is 0 Å². The predicted molar refractivity (Wildman–Crippen MR) is 99.0 cm³/mol. The van der Waals surface area contributed by atoms with Crippen LogP contribution in [0.2, 0.25) is 5.02 Å². The van der Waals surface area contributed by atoms with E-state index in [2.05, 4.69) is 10.3 Å². The number of amides is 1. The number of nitrogens with one attached hydrogen (secondary N) is 1. The summed E-state index contributed by atoms with van der Waals surface area (Å²) < 4.78 is 52.0. The Kier molecular flexibility index (Phi) is 5.79. The maximum atomic E-state index is 13.8. The number of rotatable bonds is 3. The van der Waals surface area contributed by atoms with Crippen molar-refractivity contribution in [3.8, 4) is 0 Å². The summed E-state index contributed by atoms with van der Waals surface area (Å²) in [6.45, 7) is 2.62. The first-order chi connectivity index (χ1) is 13.1. The normalized spacial score (nSPS) is 15.6. The molecule has 0 radical (unpaired) electrons. The van der Waals surface area contributed by atoms with Gasteiger partial charge in [0.2, 0.25) is 5.91 Å². The first kappa shape index (κ1) is 20.4. The molecule has 0 aliphatic carbocycles. The first-order valence-corrected chi connectivity index (χ1v) is 9.07. The number of carbonyl (C=O) groups excluding carboxylic acids is 1. The van der Waals surface area contributed by atoms with Gasteiger partial charge in [0, 0.05) is 25.2 Å². The fourth-order valence-electron chi connectivity index (χ4n) is 3.14. The minimum atomic E-state index is -4.51. The second kappa shape index (κ2) is 7.95. The minimum absolute atomic E-state index is 0.0837. The van der Waals surface area contributed by atoms with E-state index in [1.165, 1.54) is 6.07 Å². The van der Waals surface area contributed by atoms with E-state index in [0.717, 1.165) is 17.8 Å². The standard InChI is InChI=1S/C19H18ClF4N3O/c1-11-2-3-15(21)16(8-11)26-18(28)12-4-6-27(7-5-12)17-14(20)9-13(10-25-17)19(22,23)24/h2-3,8-10,12H,4-7H2,1H3,(H,26,28). The Labute approximate surface area is 164 Å². The second-order valence-corrected chi connectivity index (χ2v) is 7.17. The lowest BCUT2D eigenvalue weighted by Crippen LogP contribution is -2.38. The zero-order chi connectivity index (χ0) is 20.5. The third-order valence-electron chi connectivity index (χ3n) is 4.69. The number of nitrogens with zero attached hydrogens (tertiary/aromatic N) is 2. The van der Waals surface area contributed by atoms with Gasteiger partial charge in [-0.2, -0.15) is 13.2 Å². The molecule has 0 spiro atoms. The molecule has 4 nitrogen and oxygen atoms in total. The summed E-state index contributed by atoms with van der Waals surface area (Å²) in [6, 6.07) is 5.33. The third-order valence-corrected chi connectivity index (χ3v) is 4.97. The van der Waals surface area contributed by atoms with Crippen molar-refractivity contribution in [3.05, 3.63) is 52.4 Å². The van der Waals surface area contributed by atoms with Crippen LogP contribution in [0.3, 0.4) is 0 Å². The SMILES string of the molecule is Cc1ccc(F)c(NC(=O)C2CCN(c3ncc(C(F)(F)F)cc3Cl)CC2)c1. The van der Waals surface area contributed by atoms with Gasteiger partial charge in [-0.1, -0.05) is 17.7 Å². The average Bonchev–Trinajstić information content (AvgIpc) is 2.64. The Morgan fingerprint density at radius 2 is 1.93 bits per heavy atom. The number of hydrogen-bond donors (Lipinski definition) is 1. The Morgan fingerprint density at radius 3 is 2.54 bits per heavy atom. The Morgan fingerprint density at radius 1 is 1.25 bits per heavy atom. The summed E-state index contributed by atoms with van der Waals surface area (Å²) in [6.07, 6.45) is -2.84. The van der Waals surface area contributed by atoms with E-state index in [0.29, 0.717) is 25.9 Å². The number of alkyl halides is 3. The summed E-state index contributed by atoms with van der Waals surface area (Å²) in [4.78, 5) is 18.0. The van der Waals surface area contributed by atoms with Gasteiger partial charge in [-0.3, -0.25) is 4.79 Å². The molecule has 1 saturated heterocycles. The zero-order valence-electron chi connectivity index (χ0n) is 15.0. The van der Waals surface area contributed by atoms with E-state index >= 15 is 0 Å². The van der Waals surface area contributed by atoms with Gasteiger partial charge in [-0.15, -0.1) is 0 Å². The van der Waals surface area contributed by atoms with Crippen molar-refractivity contribution >= 4 is 29.0 Å². The molecule has 1 aliphatic rings. The van der Waals surface area contributed by atoms with Gasteiger partial charge < -0.3 is 10.2 Å². The number of pyridine rings is 1. The van der Waals surface area contributed by atoms with E-state index in [1.54, 1.807) is 24.0 Å². The number of hydrogen-bond acceptors (Lipinski definition) is 3. The molecule has 2 heterocycles. The van der Waals surface area contributed by atoms with Gasteiger partial charge >= 0.3 is 6.18 Å². The minimum Gasteiger partial charge on any atom is -0.355 e. The van der Waals surface area contributed by atoms with Crippen LogP contribution in [-0.4, -0.2) is 24.0 Å². The van der Waals surface area contributed by atoms with Crippen molar-refractivity contribution in [1.82, 2.24) is 4.98 Å².